The lowest BCUT2D eigenvalue weighted by molar-refractivity contribution is -0.117. The molecule has 0 heterocycles. The number of nitrogens with zero attached hydrogens (tertiary/aromatic N) is 1. The third-order valence-corrected chi connectivity index (χ3v) is 2.98. The fourth-order valence-corrected chi connectivity index (χ4v) is 1.88. The fourth-order valence-electron chi connectivity index (χ4n) is 1.44. The zero-order valence-corrected chi connectivity index (χ0v) is 12.6. The summed E-state index contributed by atoms with van der Waals surface area (Å²) in [7, 11) is 0. The van der Waals surface area contributed by atoms with E-state index < -0.39 is 0 Å². The topological polar surface area (TPSA) is 58.4 Å². The zero-order chi connectivity index (χ0) is 13.5. The molecule has 0 aliphatic carbocycles. The average molecular weight is 330 g/mol. The minimum Gasteiger partial charge on any atom is -0.392 e. The first kappa shape index (κ1) is 15.1. The molecule has 0 bridgehead atoms. The van der Waals surface area contributed by atoms with Crippen molar-refractivity contribution in [1.82, 2.24) is 4.90 Å². The molecular weight excluding hydrogens is 314 g/mol. The summed E-state index contributed by atoms with van der Waals surface area (Å²) in [6.45, 7) is 3.43. The molecule has 0 aromatic heterocycles. The highest BCUT2D eigenvalue weighted by Gasteiger charge is 2.09. The van der Waals surface area contributed by atoms with Gasteiger partial charge in [-0.15, -0.1) is 0 Å². The fraction of sp³-hybridized carbons (Fsp3) is 0.333. The largest absolute Gasteiger partial charge is 0.392 e. The van der Waals surface area contributed by atoms with Gasteiger partial charge >= 0.3 is 0 Å². The molecule has 0 saturated heterocycles. The Morgan fingerprint density at radius 2 is 2.00 bits per heavy atom. The van der Waals surface area contributed by atoms with Crippen LogP contribution in [0.4, 0.5) is 5.69 Å². The maximum atomic E-state index is 11.8. The molecule has 18 heavy (non-hydrogen) atoms. The van der Waals surface area contributed by atoms with Crippen LogP contribution in [0.3, 0.4) is 0 Å². The number of likely N-dealkylation sites (N-methyl/N-ethyl adjacent to an activating group) is 1. The Hall–Kier alpha value is -0.980. The number of hydrogen-bond acceptors (Lipinski definition) is 3. The quantitative estimate of drug-likeness (QED) is 0.784. The van der Waals surface area contributed by atoms with Crippen molar-refractivity contribution in [1.29, 1.82) is 0 Å². The number of hydrogen-bond donors (Lipinski definition) is 2. The van der Waals surface area contributed by atoms with Crippen molar-refractivity contribution in [2.45, 2.75) is 6.92 Å². The smallest absolute Gasteiger partial charge is 0.238 e. The van der Waals surface area contributed by atoms with E-state index in [1.807, 2.05) is 36.1 Å². The van der Waals surface area contributed by atoms with E-state index in [2.05, 4.69) is 21.2 Å². The molecule has 0 radical (unpaired) electrons. The Labute approximate surface area is 121 Å². The van der Waals surface area contributed by atoms with Gasteiger partial charge in [-0.25, -0.2) is 0 Å². The third-order valence-electron chi connectivity index (χ3n) is 2.32. The van der Waals surface area contributed by atoms with Gasteiger partial charge in [0.05, 0.1) is 11.5 Å². The van der Waals surface area contributed by atoms with E-state index in [4.69, 9.17) is 18.0 Å². The first-order valence-electron chi connectivity index (χ1n) is 5.57. The highest BCUT2D eigenvalue weighted by atomic mass is 79.9. The van der Waals surface area contributed by atoms with Gasteiger partial charge < -0.3 is 11.1 Å². The number of anilines is 1. The molecule has 0 aliphatic rings. The summed E-state index contributed by atoms with van der Waals surface area (Å²) in [5.41, 5.74) is 6.24. The van der Waals surface area contributed by atoms with Gasteiger partial charge in [0.25, 0.3) is 0 Å². The molecule has 4 nitrogen and oxygen atoms in total. The monoisotopic (exact) mass is 329 g/mol. The molecular formula is C12H16BrN3OS. The van der Waals surface area contributed by atoms with Crippen LogP contribution in [0.2, 0.25) is 0 Å². The number of nitrogens with one attached hydrogen (secondary N) is 1. The number of halogens is 1. The van der Waals surface area contributed by atoms with Gasteiger partial charge in [0, 0.05) is 16.7 Å². The molecule has 0 unspecified atom stereocenters. The van der Waals surface area contributed by atoms with Crippen LogP contribution >= 0.6 is 28.1 Å². The number of carbonyl (C=O) groups excluding carboxylic acids is 1. The Kier molecular flexibility index (Phi) is 6.24. The summed E-state index contributed by atoms with van der Waals surface area (Å²) in [4.78, 5) is 14.1. The van der Waals surface area contributed by atoms with Crippen molar-refractivity contribution >= 4 is 44.7 Å². The van der Waals surface area contributed by atoms with Crippen LogP contribution in [-0.2, 0) is 4.79 Å². The van der Waals surface area contributed by atoms with E-state index in [0.29, 0.717) is 11.5 Å². The van der Waals surface area contributed by atoms with Gasteiger partial charge in [-0.1, -0.05) is 35.1 Å². The van der Waals surface area contributed by atoms with E-state index in [-0.39, 0.29) is 12.5 Å². The van der Waals surface area contributed by atoms with Crippen molar-refractivity contribution in [3.8, 4) is 0 Å². The molecule has 0 spiro atoms. The van der Waals surface area contributed by atoms with Crippen molar-refractivity contribution < 1.29 is 4.79 Å². The summed E-state index contributed by atoms with van der Waals surface area (Å²) >= 11 is 8.18. The second kappa shape index (κ2) is 7.45. The molecule has 1 amide bonds. The molecule has 6 heteroatoms. The Bertz CT molecular complexity index is 422. The number of rotatable bonds is 6. The van der Waals surface area contributed by atoms with Crippen molar-refractivity contribution in [2.24, 2.45) is 5.73 Å². The van der Waals surface area contributed by atoms with Gasteiger partial charge in [-0.05, 0) is 30.8 Å². The van der Waals surface area contributed by atoms with E-state index in [0.717, 1.165) is 16.7 Å². The summed E-state index contributed by atoms with van der Waals surface area (Å²) in [6.07, 6.45) is 0. The Morgan fingerprint density at radius 1 is 1.39 bits per heavy atom. The molecule has 1 aromatic rings. The maximum absolute atomic E-state index is 11.8. The van der Waals surface area contributed by atoms with Crippen LogP contribution in [0.5, 0.6) is 0 Å². The van der Waals surface area contributed by atoms with Crippen molar-refractivity contribution in [2.75, 3.05) is 25.0 Å². The second-order valence-corrected chi connectivity index (χ2v) is 5.26. The summed E-state index contributed by atoms with van der Waals surface area (Å²) in [6, 6.07) is 7.43. The van der Waals surface area contributed by atoms with Crippen LogP contribution in [0.15, 0.2) is 28.7 Å². The highest BCUT2D eigenvalue weighted by Crippen LogP contribution is 2.13. The second-order valence-electron chi connectivity index (χ2n) is 3.82. The number of nitrogens with two attached hydrogens (primary N) is 1. The number of carbonyl (C=O) groups is 1. The van der Waals surface area contributed by atoms with Gasteiger partial charge in [0.1, 0.15) is 0 Å². The van der Waals surface area contributed by atoms with Crippen LogP contribution in [-0.4, -0.2) is 35.4 Å². The molecule has 0 atom stereocenters. The van der Waals surface area contributed by atoms with Crippen LogP contribution < -0.4 is 11.1 Å². The van der Waals surface area contributed by atoms with Gasteiger partial charge in [0.15, 0.2) is 0 Å². The van der Waals surface area contributed by atoms with E-state index >= 15 is 0 Å². The van der Waals surface area contributed by atoms with Gasteiger partial charge in [0.2, 0.25) is 5.91 Å². The van der Waals surface area contributed by atoms with Gasteiger partial charge in [-0.2, -0.15) is 0 Å². The summed E-state index contributed by atoms with van der Waals surface area (Å²) < 4.78 is 0.976. The predicted molar refractivity (Wildman–Crippen MR) is 81.7 cm³/mol. The van der Waals surface area contributed by atoms with Crippen molar-refractivity contribution in [3.63, 3.8) is 0 Å². The summed E-state index contributed by atoms with van der Waals surface area (Å²) in [5.74, 6) is -0.0737. The van der Waals surface area contributed by atoms with E-state index in [1.54, 1.807) is 0 Å². The first-order chi connectivity index (χ1) is 8.51. The normalized spacial score (nSPS) is 10.4. The molecule has 0 fully saturated rings. The lowest BCUT2D eigenvalue weighted by Gasteiger charge is -2.18. The number of thiocarbonyl (C=S) groups is 1. The lowest BCUT2D eigenvalue weighted by Crippen LogP contribution is -2.38. The molecule has 0 saturated carbocycles. The van der Waals surface area contributed by atoms with E-state index in [9.17, 15) is 4.79 Å². The third kappa shape index (κ3) is 5.57. The van der Waals surface area contributed by atoms with Gasteiger partial charge in [-0.3, -0.25) is 9.69 Å². The molecule has 3 N–H and O–H groups in total. The number of benzene rings is 1. The summed E-state index contributed by atoms with van der Waals surface area (Å²) in [5, 5.41) is 2.82. The van der Waals surface area contributed by atoms with E-state index in [1.165, 1.54) is 0 Å². The lowest BCUT2D eigenvalue weighted by atomic mass is 10.3. The minimum atomic E-state index is -0.0737. The van der Waals surface area contributed by atoms with Crippen LogP contribution in [0.25, 0.3) is 0 Å². The van der Waals surface area contributed by atoms with Crippen LogP contribution in [0, 0.1) is 0 Å². The zero-order valence-electron chi connectivity index (χ0n) is 10.1. The SMILES string of the molecule is CCN(CC(=O)Nc1ccc(Br)cc1)CC(N)=S. The highest BCUT2D eigenvalue weighted by molar-refractivity contribution is 9.10. The first-order valence-corrected chi connectivity index (χ1v) is 6.77. The Balaban J connectivity index is 2.49. The average Bonchev–Trinajstić information content (AvgIpc) is 2.30. The molecule has 1 rings (SSSR count). The molecule has 1 aromatic carbocycles. The predicted octanol–water partition coefficient (Wildman–Crippen LogP) is 2.00. The minimum absolute atomic E-state index is 0.0737. The maximum Gasteiger partial charge on any atom is 0.238 e. The molecule has 0 aliphatic heterocycles. The standard InChI is InChI=1S/C12H16BrN3OS/c1-2-16(7-11(14)18)8-12(17)15-10-5-3-9(13)4-6-10/h3-6H,2,7-8H2,1H3,(H2,14,18)(H,15,17). The molecule has 98 valence electrons. The van der Waals surface area contributed by atoms with Crippen LogP contribution in [0.1, 0.15) is 6.92 Å². The number of amides is 1. The van der Waals surface area contributed by atoms with Crippen molar-refractivity contribution in [3.05, 3.63) is 28.7 Å². The Morgan fingerprint density at radius 3 is 2.50 bits per heavy atom.